The van der Waals surface area contributed by atoms with Gasteiger partial charge in [-0.15, -0.1) is 0 Å². The molecule has 0 spiro atoms. The molecule has 0 aromatic heterocycles. The fourth-order valence-electron chi connectivity index (χ4n) is 1.95. The molecule has 5 heteroatoms. The molecule has 0 saturated heterocycles. The van der Waals surface area contributed by atoms with Crippen LogP contribution in [-0.2, 0) is 16.1 Å². The van der Waals surface area contributed by atoms with Crippen molar-refractivity contribution in [3.05, 3.63) is 29.8 Å². The number of hydrogen-bond acceptors (Lipinski definition) is 4. The Morgan fingerprint density at radius 2 is 2.14 bits per heavy atom. The molecule has 1 aliphatic carbocycles. The van der Waals surface area contributed by atoms with Crippen molar-refractivity contribution in [3.63, 3.8) is 0 Å². The number of carbonyl (C=O) groups excluding carboxylic acids is 1. The van der Waals surface area contributed by atoms with Gasteiger partial charge in [-0.1, -0.05) is 18.2 Å². The highest BCUT2D eigenvalue weighted by molar-refractivity contribution is 5.81. The van der Waals surface area contributed by atoms with E-state index in [2.05, 4.69) is 10.6 Å². The fraction of sp³-hybridized carbons (Fsp3) is 0.562. The topological polar surface area (TPSA) is 59.6 Å². The Hall–Kier alpha value is -1.59. The Kier molecular flexibility index (Phi) is 6.02. The third-order valence-corrected chi connectivity index (χ3v) is 3.37. The quantitative estimate of drug-likeness (QED) is 0.677. The summed E-state index contributed by atoms with van der Waals surface area (Å²) in [5.74, 6) is 0.709. The van der Waals surface area contributed by atoms with E-state index in [0.29, 0.717) is 19.2 Å². The van der Waals surface area contributed by atoms with Gasteiger partial charge in [0.1, 0.15) is 5.75 Å². The summed E-state index contributed by atoms with van der Waals surface area (Å²) in [5, 5.41) is 6.24. The standard InChI is InChI=1S/C16H24N2O3/c1-12(16(19)18-14-7-8-14)21-15-6-4-3-5-13(15)11-17-9-10-20-2/h3-6,12,14,17H,7-11H2,1-2H3,(H,18,19). The first-order valence-electron chi connectivity index (χ1n) is 7.45. The van der Waals surface area contributed by atoms with Crippen LogP contribution in [0.2, 0.25) is 0 Å². The average Bonchev–Trinajstić information content (AvgIpc) is 3.29. The number of nitrogens with one attached hydrogen (secondary N) is 2. The molecule has 5 nitrogen and oxygen atoms in total. The maximum Gasteiger partial charge on any atom is 0.260 e. The lowest BCUT2D eigenvalue weighted by molar-refractivity contribution is -0.127. The minimum absolute atomic E-state index is 0.0420. The second kappa shape index (κ2) is 8.00. The molecular formula is C16H24N2O3. The van der Waals surface area contributed by atoms with E-state index >= 15 is 0 Å². The molecule has 0 radical (unpaired) electrons. The third-order valence-electron chi connectivity index (χ3n) is 3.37. The third kappa shape index (κ3) is 5.36. The molecular weight excluding hydrogens is 268 g/mol. The van der Waals surface area contributed by atoms with Gasteiger partial charge >= 0.3 is 0 Å². The maximum atomic E-state index is 11.9. The van der Waals surface area contributed by atoms with Crippen LogP contribution in [0.25, 0.3) is 0 Å². The van der Waals surface area contributed by atoms with Crippen molar-refractivity contribution >= 4 is 5.91 Å². The molecule has 1 aliphatic rings. The van der Waals surface area contributed by atoms with E-state index < -0.39 is 6.10 Å². The van der Waals surface area contributed by atoms with Crippen LogP contribution in [0, 0.1) is 0 Å². The first kappa shape index (κ1) is 15.8. The SMILES string of the molecule is COCCNCc1ccccc1OC(C)C(=O)NC1CC1. The summed E-state index contributed by atoms with van der Waals surface area (Å²) in [6.07, 6.45) is 1.68. The summed E-state index contributed by atoms with van der Waals surface area (Å²) in [6, 6.07) is 8.14. The zero-order valence-corrected chi connectivity index (χ0v) is 12.7. The first-order valence-corrected chi connectivity index (χ1v) is 7.45. The number of para-hydroxylation sites is 1. The van der Waals surface area contributed by atoms with Crippen molar-refractivity contribution in [3.8, 4) is 5.75 Å². The van der Waals surface area contributed by atoms with Gasteiger partial charge in [0.25, 0.3) is 5.91 Å². The van der Waals surface area contributed by atoms with E-state index in [4.69, 9.17) is 9.47 Å². The Labute approximate surface area is 126 Å². The Morgan fingerprint density at radius 3 is 2.86 bits per heavy atom. The van der Waals surface area contributed by atoms with Crippen LogP contribution in [0.3, 0.4) is 0 Å². The molecule has 116 valence electrons. The second-order valence-corrected chi connectivity index (χ2v) is 5.32. The maximum absolute atomic E-state index is 11.9. The van der Waals surface area contributed by atoms with Crippen LogP contribution < -0.4 is 15.4 Å². The van der Waals surface area contributed by atoms with Crippen molar-refractivity contribution in [2.75, 3.05) is 20.3 Å². The van der Waals surface area contributed by atoms with Crippen LogP contribution >= 0.6 is 0 Å². The molecule has 1 saturated carbocycles. The number of ether oxygens (including phenoxy) is 2. The van der Waals surface area contributed by atoms with Gasteiger partial charge in [0, 0.05) is 31.8 Å². The molecule has 1 amide bonds. The summed E-state index contributed by atoms with van der Waals surface area (Å²) in [5.41, 5.74) is 1.04. The predicted molar refractivity (Wildman–Crippen MR) is 81.3 cm³/mol. The Balaban J connectivity index is 1.87. The van der Waals surface area contributed by atoms with Crippen molar-refractivity contribution in [2.45, 2.75) is 38.5 Å². The average molecular weight is 292 g/mol. The highest BCUT2D eigenvalue weighted by atomic mass is 16.5. The van der Waals surface area contributed by atoms with E-state index in [9.17, 15) is 4.79 Å². The number of amides is 1. The highest BCUT2D eigenvalue weighted by Crippen LogP contribution is 2.21. The smallest absolute Gasteiger partial charge is 0.260 e. The van der Waals surface area contributed by atoms with E-state index in [1.165, 1.54) is 0 Å². The molecule has 1 atom stereocenters. The molecule has 1 fully saturated rings. The van der Waals surface area contributed by atoms with Crippen molar-refractivity contribution in [2.24, 2.45) is 0 Å². The van der Waals surface area contributed by atoms with Crippen LogP contribution in [0.15, 0.2) is 24.3 Å². The minimum Gasteiger partial charge on any atom is -0.481 e. The van der Waals surface area contributed by atoms with Crippen LogP contribution in [0.5, 0.6) is 5.75 Å². The van der Waals surface area contributed by atoms with E-state index in [-0.39, 0.29) is 5.91 Å². The van der Waals surface area contributed by atoms with Gasteiger partial charge in [-0.2, -0.15) is 0 Å². The molecule has 1 aromatic carbocycles. The molecule has 0 aliphatic heterocycles. The molecule has 0 heterocycles. The summed E-state index contributed by atoms with van der Waals surface area (Å²) in [4.78, 5) is 11.9. The normalized spacial score (nSPS) is 15.5. The number of methoxy groups -OCH3 is 1. The molecule has 2 N–H and O–H groups in total. The van der Waals surface area contributed by atoms with E-state index in [1.807, 2.05) is 24.3 Å². The zero-order valence-electron chi connectivity index (χ0n) is 12.7. The number of rotatable bonds is 9. The van der Waals surface area contributed by atoms with Gasteiger partial charge in [-0.3, -0.25) is 4.79 Å². The van der Waals surface area contributed by atoms with Crippen LogP contribution in [-0.4, -0.2) is 38.3 Å². The molecule has 1 aromatic rings. The summed E-state index contributed by atoms with van der Waals surface area (Å²) in [7, 11) is 1.68. The molecule has 0 bridgehead atoms. The van der Waals surface area contributed by atoms with E-state index in [1.54, 1.807) is 14.0 Å². The van der Waals surface area contributed by atoms with Crippen LogP contribution in [0.1, 0.15) is 25.3 Å². The number of hydrogen-bond donors (Lipinski definition) is 2. The van der Waals surface area contributed by atoms with Gasteiger partial charge < -0.3 is 20.1 Å². The number of benzene rings is 1. The predicted octanol–water partition coefficient (Wildman–Crippen LogP) is 1.47. The van der Waals surface area contributed by atoms with Crippen molar-refractivity contribution in [1.82, 2.24) is 10.6 Å². The van der Waals surface area contributed by atoms with Gasteiger partial charge in [0.05, 0.1) is 6.61 Å². The minimum atomic E-state index is -0.481. The fourth-order valence-corrected chi connectivity index (χ4v) is 1.95. The number of carbonyl (C=O) groups is 1. The van der Waals surface area contributed by atoms with Gasteiger partial charge in [0.2, 0.25) is 0 Å². The summed E-state index contributed by atoms with van der Waals surface area (Å²) >= 11 is 0. The lowest BCUT2D eigenvalue weighted by Crippen LogP contribution is -2.37. The monoisotopic (exact) mass is 292 g/mol. The lowest BCUT2D eigenvalue weighted by atomic mass is 10.2. The van der Waals surface area contributed by atoms with Crippen molar-refractivity contribution < 1.29 is 14.3 Å². The largest absolute Gasteiger partial charge is 0.481 e. The summed E-state index contributed by atoms with van der Waals surface area (Å²) in [6.45, 7) is 3.93. The second-order valence-electron chi connectivity index (χ2n) is 5.32. The highest BCUT2D eigenvalue weighted by Gasteiger charge is 2.26. The van der Waals surface area contributed by atoms with E-state index in [0.717, 1.165) is 30.7 Å². The van der Waals surface area contributed by atoms with Gasteiger partial charge in [0.15, 0.2) is 6.10 Å². The van der Waals surface area contributed by atoms with Gasteiger partial charge in [-0.05, 0) is 25.8 Å². The van der Waals surface area contributed by atoms with Crippen LogP contribution in [0.4, 0.5) is 0 Å². The lowest BCUT2D eigenvalue weighted by Gasteiger charge is -2.17. The zero-order chi connectivity index (χ0) is 15.1. The molecule has 2 rings (SSSR count). The molecule has 21 heavy (non-hydrogen) atoms. The molecule has 1 unspecified atom stereocenters. The Morgan fingerprint density at radius 1 is 1.38 bits per heavy atom. The van der Waals surface area contributed by atoms with Gasteiger partial charge in [-0.25, -0.2) is 0 Å². The van der Waals surface area contributed by atoms with Crippen molar-refractivity contribution in [1.29, 1.82) is 0 Å². The summed E-state index contributed by atoms with van der Waals surface area (Å²) < 4.78 is 10.8. The Bertz CT molecular complexity index is 461. The first-order chi connectivity index (χ1) is 10.2.